The molecule has 1 aromatic heterocycles. The topological polar surface area (TPSA) is 70.1 Å². The lowest BCUT2D eigenvalue weighted by Crippen LogP contribution is -2.15. The molecular formula is C15H18FN3O2. The lowest BCUT2D eigenvalue weighted by Gasteiger charge is -2.18. The molecule has 2 aromatic rings. The van der Waals surface area contributed by atoms with Crippen molar-refractivity contribution in [1.82, 2.24) is 9.55 Å². The van der Waals surface area contributed by atoms with Crippen molar-refractivity contribution in [2.75, 3.05) is 12.8 Å². The summed E-state index contributed by atoms with van der Waals surface area (Å²) in [5.41, 5.74) is 6.58. The second kappa shape index (κ2) is 5.95. The van der Waals surface area contributed by atoms with Gasteiger partial charge in [0.15, 0.2) is 5.69 Å². The maximum atomic E-state index is 14.0. The molecule has 6 heteroatoms. The lowest BCUT2D eigenvalue weighted by molar-refractivity contribution is 0.0595. The van der Waals surface area contributed by atoms with Crippen molar-refractivity contribution in [2.45, 2.75) is 26.3 Å². The molecule has 0 saturated carbocycles. The van der Waals surface area contributed by atoms with E-state index in [9.17, 15) is 9.18 Å². The van der Waals surface area contributed by atoms with Crippen molar-refractivity contribution in [3.05, 3.63) is 47.2 Å². The van der Waals surface area contributed by atoms with Gasteiger partial charge in [-0.1, -0.05) is 25.1 Å². The molecule has 0 amide bonds. The fourth-order valence-corrected chi connectivity index (χ4v) is 2.37. The first-order valence-corrected chi connectivity index (χ1v) is 6.70. The Balaban J connectivity index is 2.55. The zero-order chi connectivity index (χ0) is 15.6. The van der Waals surface area contributed by atoms with Gasteiger partial charge >= 0.3 is 5.97 Å². The molecule has 21 heavy (non-hydrogen) atoms. The number of carbonyl (C=O) groups excluding carboxylic acids is 1. The molecule has 0 bridgehead atoms. The fourth-order valence-electron chi connectivity index (χ4n) is 2.37. The number of hydrogen-bond acceptors (Lipinski definition) is 4. The summed E-state index contributed by atoms with van der Waals surface area (Å²) in [6.45, 7) is 3.71. The van der Waals surface area contributed by atoms with Crippen LogP contribution in [0, 0.1) is 5.82 Å². The van der Waals surface area contributed by atoms with Gasteiger partial charge < -0.3 is 15.0 Å². The highest BCUT2D eigenvalue weighted by Gasteiger charge is 2.24. The van der Waals surface area contributed by atoms with E-state index in [2.05, 4.69) is 9.72 Å². The van der Waals surface area contributed by atoms with E-state index >= 15 is 0 Å². The number of nitrogens with two attached hydrogens (primary N) is 1. The molecule has 1 aromatic carbocycles. The molecule has 0 saturated heterocycles. The van der Waals surface area contributed by atoms with E-state index in [-0.39, 0.29) is 23.4 Å². The Bertz CT molecular complexity index is 667. The van der Waals surface area contributed by atoms with Crippen LogP contribution in [0.15, 0.2) is 24.3 Å². The Labute approximate surface area is 122 Å². The molecule has 0 spiro atoms. The molecule has 5 nitrogen and oxygen atoms in total. The summed E-state index contributed by atoms with van der Waals surface area (Å²) in [5, 5.41) is 0. The predicted molar refractivity (Wildman–Crippen MR) is 77.6 cm³/mol. The second-order valence-electron chi connectivity index (χ2n) is 4.67. The highest BCUT2D eigenvalue weighted by molar-refractivity contribution is 5.92. The summed E-state index contributed by atoms with van der Waals surface area (Å²) in [7, 11) is 1.27. The molecule has 2 N–H and O–H groups in total. The first-order valence-electron chi connectivity index (χ1n) is 6.70. The van der Waals surface area contributed by atoms with E-state index in [1.807, 2.05) is 13.8 Å². The maximum absolute atomic E-state index is 14.0. The molecule has 2 rings (SSSR count). The number of carbonyl (C=O) groups is 1. The Morgan fingerprint density at radius 2 is 2.14 bits per heavy atom. The molecule has 0 aliphatic heterocycles. The zero-order valence-corrected chi connectivity index (χ0v) is 12.3. The first kappa shape index (κ1) is 15.0. The monoisotopic (exact) mass is 291 g/mol. The lowest BCUT2D eigenvalue weighted by atomic mass is 10.1. The maximum Gasteiger partial charge on any atom is 0.360 e. The number of halogens is 1. The zero-order valence-electron chi connectivity index (χ0n) is 12.3. The van der Waals surface area contributed by atoms with Crippen LogP contribution < -0.4 is 5.73 Å². The summed E-state index contributed by atoms with van der Waals surface area (Å²) in [6, 6.07) is 6.10. The Kier molecular flexibility index (Phi) is 4.26. The Morgan fingerprint density at radius 1 is 1.48 bits per heavy atom. The number of methoxy groups -OCH3 is 1. The number of aryl methyl sites for hydroxylation is 1. The third-order valence-corrected chi connectivity index (χ3v) is 3.46. The van der Waals surface area contributed by atoms with Gasteiger partial charge in [0.2, 0.25) is 0 Å². The van der Waals surface area contributed by atoms with Gasteiger partial charge in [-0.25, -0.2) is 14.2 Å². The van der Waals surface area contributed by atoms with Crippen molar-refractivity contribution in [1.29, 1.82) is 0 Å². The number of nitrogens with zero attached hydrogens (tertiary/aromatic N) is 2. The molecule has 1 atom stereocenters. The van der Waals surface area contributed by atoms with Crippen LogP contribution in [-0.2, 0) is 11.2 Å². The van der Waals surface area contributed by atoms with E-state index in [1.54, 1.807) is 22.8 Å². The van der Waals surface area contributed by atoms with Gasteiger partial charge in [-0.2, -0.15) is 0 Å². The van der Waals surface area contributed by atoms with Crippen LogP contribution in [-0.4, -0.2) is 22.6 Å². The summed E-state index contributed by atoms with van der Waals surface area (Å²) in [6.07, 6.45) is 0.569. The average Bonchev–Trinajstić information content (AvgIpc) is 2.83. The highest BCUT2D eigenvalue weighted by atomic mass is 19.1. The minimum Gasteiger partial charge on any atom is -0.464 e. The minimum absolute atomic E-state index is 0.0672. The number of benzene rings is 1. The van der Waals surface area contributed by atoms with E-state index in [4.69, 9.17) is 5.73 Å². The standard InChI is InChI=1S/C15H18FN3O2/c1-4-12-18-13(15(20)21-3)14(17)19(12)9(2)10-7-5-6-8-11(10)16/h5-9H,4,17H2,1-3H3. The average molecular weight is 291 g/mol. The van der Waals surface area contributed by atoms with Crippen molar-refractivity contribution >= 4 is 11.8 Å². The summed E-state index contributed by atoms with van der Waals surface area (Å²) >= 11 is 0. The van der Waals surface area contributed by atoms with Gasteiger partial charge in [0.1, 0.15) is 17.5 Å². The summed E-state index contributed by atoms with van der Waals surface area (Å²) < 4.78 is 20.3. The molecule has 112 valence electrons. The van der Waals surface area contributed by atoms with E-state index in [0.717, 1.165) is 0 Å². The van der Waals surface area contributed by atoms with Crippen LogP contribution in [0.2, 0.25) is 0 Å². The van der Waals surface area contributed by atoms with Gasteiger partial charge in [0, 0.05) is 12.0 Å². The molecule has 0 radical (unpaired) electrons. The number of rotatable bonds is 4. The van der Waals surface area contributed by atoms with Gasteiger partial charge in [0.25, 0.3) is 0 Å². The van der Waals surface area contributed by atoms with Crippen molar-refractivity contribution in [3.63, 3.8) is 0 Å². The molecule has 1 heterocycles. The van der Waals surface area contributed by atoms with Crippen molar-refractivity contribution < 1.29 is 13.9 Å². The van der Waals surface area contributed by atoms with E-state index in [1.165, 1.54) is 13.2 Å². The molecule has 1 unspecified atom stereocenters. The number of ether oxygens (including phenoxy) is 1. The third kappa shape index (κ3) is 2.61. The van der Waals surface area contributed by atoms with Crippen LogP contribution in [0.25, 0.3) is 0 Å². The smallest absolute Gasteiger partial charge is 0.360 e. The number of imidazole rings is 1. The number of hydrogen-bond donors (Lipinski definition) is 1. The number of anilines is 1. The fraction of sp³-hybridized carbons (Fsp3) is 0.333. The van der Waals surface area contributed by atoms with Crippen LogP contribution in [0.5, 0.6) is 0 Å². The Hall–Kier alpha value is -2.37. The van der Waals surface area contributed by atoms with Crippen LogP contribution >= 0.6 is 0 Å². The van der Waals surface area contributed by atoms with E-state index < -0.39 is 5.97 Å². The van der Waals surface area contributed by atoms with Crippen LogP contribution in [0.4, 0.5) is 10.2 Å². The Morgan fingerprint density at radius 3 is 2.71 bits per heavy atom. The molecule has 0 fully saturated rings. The van der Waals surface area contributed by atoms with Gasteiger partial charge in [-0.05, 0) is 13.0 Å². The third-order valence-electron chi connectivity index (χ3n) is 3.46. The van der Waals surface area contributed by atoms with Crippen LogP contribution in [0.1, 0.15) is 41.8 Å². The molecule has 0 aliphatic rings. The quantitative estimate of drug-likeness (QED) is 0.879. The van der Waals surface area contributed by atoms with Gasteiger partial charge in [-0.3, -0.25) is 0 Å². The van der Waals surface area contributed by atoms with E-state index in [0.29, 0.717) is 17.8 Å². The van der Waals surface area contributed by atoms with Gasteiger partial charge in [-0.15, -0.1) is 0 Å². The summed E-state index contributed by atoms with van der Waals surface area (Å²) in [4.78, 5) is 15.9. The van der Waals surface area contributed by atoms with Crippen molar-refractivity contribution in [3.8, 4) is 0 Å². The van der Waals surface area contributed by atoms with Crippen molar-refractivity contribution in [2.24, 2.45) is 0 Å². The van der Waals surface area contributed by atoms with Gasteiger partial charge in [0.05, 0.1) is 13.2 Å². The summed E-state index contributed by atoms with van der Waals surface area (Å²) in [5.74, 6) is -0.112. The number of nitrogen functional groups attached to an aromatic ring is 1. The largest absolute Gasteiger partial charge is 0.464 e. The minimum atomic E-state index is -0.596. The highest BCUT2D eigenvalue weighted by Crippen LogP contribution is 2.28. The number of esters is 1. The van der Waals surface area contributed by atoms with Crippen LogP contribution in [0.3, 0.4) is 0 Å². The second-order valence-corrected chi connectivity index (χ2v) is 4.67. The normalized spacial score (nSPS) is 12.2. The predicted octanol–water partition coefficient (Wildman–Crippen LogP) is 2.56. The molecule has 0 aliphatic carbocycles. The SMILES string of the molecule is CCc1nc(C(=O)OC)c(N)n1C(C)c1ccccc1F. The number of aromatic nitrogens is 2. The first-order chi connectivity index (χ1) is 10.0. The molecular weight excluding hydrogens is 273 g/mol.